The molecule has 75 heavy (non-hydrogen) atoms. The molecule has 4 aliphatic heterocycles. The SMILES string of the molecule is O=C(CCl)Nc1ccccc1-c1c2nc(c3c4ccc([nH]4)c4c5nc(c(c6ccc1[nH]6)-c1ccccc1NC(=O)CNCCN(CCNCC(=O)Nc1ccccc1-3)CCNCC(=O)Nc1ccccc1-4)C=C5)C=C2. The molecule has 0 radical (unpaired) electrons. The van der Waals surface area contributed by atoms with Crippen molar-refractivity contribution >= 4 is 104 Å². The van der Waals surface area contributed by atoms with E-state index in [2.05, 4.69) is 52.1 Å². The van der Waals surface area contributed by atoms with Crippen LogP contribution in [-0.4, -0.2) is 113 Å². The number of rotatable bonds is 3. The molecule has 9 N–H and O–H groups in total. The number of nitrogens with one attached hydrogen (secondary N) is 9. The van der Waals surface area contributed by atoms with Crippen LogP contribution in [0.3, 0.4) is 0 Å². The summed E-state index contributed by atoms with van der Waals surface area (Å²) in [4.78, 5) is 75.5. The van der Waals surface area contributed by atoms with Crippen LogP contribution in [0.25, 0.3) is 90.9 Å². The lowest BCUT2D eigenvalue weighted by molar-refractivity contribution is -0.116. The van der Waals surface area contributed by atoms with Gasteiger partial charge in [-0.2, -0.15) is 0 Å². The van der Waals surface area contributed by atoms with Gasteiger partial charge in [0, 0.05) is 129 Å². The van der Waals surface area contributed by atoms with Gasteiger partial charge in [-0.05, 0) is 72.8 Å². The Bertz CT molecular complexity index is 3580. The monoisotopic (exact) mass is 1020 g/mol. The smallest absolute Gasteiger partial charge is 0.239 e. The Morgan fingerprint density at radius 3 is 1.17 bits per heavy atom. The number of aromatic amines is 2. The lowest BCUT2D eigenvalue weighted by atomic mass is 10.0. The van der Waals surface area contributed by atoms with E-state index in [1.807, 2.05) is 146 Å². The fourth-order valence-corrected chi connectivity index (χ4v) is 10.1. The third kappa shape index (κ3) is 10.5. The van der Waals surface area contributed by atoms with Crippen LogP contribution in [0.15, 0.2) is 121 Å². The van der Waals surface area contributed by atoms with Crippen molar-refractivity contribution in [2.24, 2.45) is 0 Å². The highest BCUT2D eigenvalue weighted by atomic mass is 35.5. The number of amides is 4. The number of para-hydroxylation sites is 4. The van der Waals surface area contributed by atoms with Crippen LogP contribution in [-0.2, 0) is 19.2 Å². The maximum absolute atomic E-state index is 13.9. The number of alkyl halides is 1. The summed E-state index contributed by atoms with van der Waals surface area (Å²) in [7, 11) is 0. The van der Waals surface area contributed by atoms with Gasteiger partial charge in [0.1, 0.15) is 5.88 Å². The van der Waals surface area contributed by atoms with Crippen LogP contribution in [0.1, 0.15) is 22.8 Å². The highest BCUT2D eigenvalue weighted by molar-refractivity contribution is 6.29. The third-order valence-electron chi connectivity index (χ3n) is 13.4. The molecule has 7 aromatic rings. The average Bonchev–Trinajstić information content (AvgIpc) is 4.29. The quantitative estimate of drug-likeness (QED) is 0.0609. The van der Waals surface area contributed by atoms with E-state index in [-0.39, 0.29) is 49.1 Å². The maximum Gasteiger partial charge on any atom is 0.239 e. The number of H-pyrrole nitrogens is 2. The molecular weight excluding hydrogens is 964 g/mol. The molecular formula is C58H53ClN12O4. The predicted molar refractivity (Wildman–Crippen MR) is 301 cm³/mol. The second-order valence-corrected chi connectivity index (χ2v) is 18.7. The molecule has 17 heteroatoms. The van der Waals surface area contributed by atoms with Crippen LogP contribution in [0.5, 0.6) is 0 Å². The Kier molecular flexibility index (Phi) is 14.2. The Balaban J connectivity index is 1.29. The van der Waals surface area contributed by atoms with Crippen molar-refractivity contribution in [1.29, 1.82) is 0 Å². The lowest BCUT2D eigenvalue weighted by Gasteiger charge is -2.23. The normalized spacial score (nSPS) is 16.2. The lowest BCUT2D eigenvalue weighted by Crippen LogP contribution is -2.43. The molecule has 0 saturated carbocycles. The summed E-state index contributed by atoms with van der Waals surface area (Å²) in [5.74, 6) is -1.29. The van der Waals surface area contributed by atoms with Crippen LogP contribution in [0.2, 0.25) is 0 Å². The maximum atomic E-state index is 13.9. The molecule has 11 rings (SSSR count). The van der Waals surface area contributed by atoms with Gasteiger partial charge in [-0.15, -0.1) is 11.6 Å². The fraction of sp³-hybridized carbons (Fsp3) is 0.172. The second kappa shape index (κ2) is 21.9. The fourth-order valence-electron chi connectivity index (χ4n) is 10.00. The largest absolute Gasteiger partial charge is 0.354 e. The van der Waals surface area contributed by atoms with E-state index < -0.39 is 0 Å². The summed E-state index contributed by atoms with van der Waals surface area (Å²) in [6.45, 7) is 3.48. The van der Waals surface area contributed by atoms with Crippen molar-refractivity contribution in [3.63, 3.8) is 0 Å². The van der Waals surface area contributed by atoms with Gasteiger partial charge in [0.25, 0.3) is 0 Å². The summed E-state index contributed by atoms with van der Waals surface area (Å²) < 4.78 is 0. The summed E-state index contributed by atoms with van der Waals surface area (Å²) in [5.41, 5.74) is 13.0. The molecule has 1 unspecified atom stereocenters. The summed E-state index contributed by atoms with van der Waals surface area (Å²) >= 11 is 6.08. The first-order chi connectivity index (χ1) is 36.8. The molecule has 0 aliphatic carbocycles. The number of aromatic nitrogens is 4. The minimum atomic E-state index is -0.373. The van der Waals surface area contributed by atoms with E-state index in [0.717, 1.165) is 5.56 Å². The first-order valence-electron chi connectivity index (χ1n) is 24.9. The molecule has 1 atom stereocenters. The first kappa shape index (κ1) is 48.7. The van der Waals surface area contributed by atoms with Crippen molar-refractivity contribution in [1.82, 2.24) is 40.8 Å². The second-order valence-electron chi connectivity index (χ2n) is 18.4. The number of fused-ring (bicyclic) bond motifs is 16. The van der Waals surface area contributed by atoms with E-state index in [1.54, 1.807) is 0 Å². The molecule has 0 saturated heterocycles. The van der Waals surface area contributed by atoms with Gasteiger partial charge in [-0.3, -0.25) is 24.1 Å². The highest BCUT2D eigenvalue weighted by Crippen LogP contribution is 2.43. The number of carbonyl (C=O) groups is 4. The van der Waals surface area contributed by atoms with Crippen molar-refractivity contribution in [3.8, 4) is 44.5 Å². The molecule has 7 heterocycles. The number of hydrogen-bond acceptors (Lipinski definition) is 10. The molecule has 16 nitrogen and oxygen atoms in total. The number of carbonyl (C=O) groups excluding carboxylic acids is 4. The number of hydrogen-bond donors (Lipinski definition) is 9. The van der Waals surface area contributed by atoms with E-state index in [4.69, 9.17) is 21.6 Å². The van der Waals surface area contributed by atoms with Gasteiger partial charge in [0.15, 0.2) is 0 Å². The number of anilines is 4. The zero-order chi connectivity index (χ0) is 51.3. The number of halogens is 1. The Morgan fingerprint density at radius 1 is 0.467 bits per heavy atom. The van der Waals surface area contributed by atoms with Crippen molar-refractivity contribution in [3.05, 3.63) is 144 Å². The summed E-state index contributed by atoms with van der Waals surface area (Å²) in [5, 5.41) is 22.6. The van der Waals surface area contributed by atoms with Gasteiger partial charge in [0.05, 0.1) is 42.4 Å². The number of benzene rings is 4. The minimum Gasteiger partial charge on any atom is -0.354 e. The van der Waals surface area contributed by atoms with Gasteiger partial charge in [-0.25, -0.2) is 9.97 Å². The predicted octanol–water partition coefficient (Wildman–Crippen LogP) is 8.41. The molecule has 0 spiro atoms. The molecule has 3 aromatic heterocycles. The highest BCUT2D eigenvalue weighted by Gasteiger charge is 2.24. The molecule has 12 bridgehead atoms. The molecule has 376 valence electrons. The van der Waals surface area contributed by atoms with Crippen LogP contribution >= 0.6 is 11.6 Å². The topological polar surface area (TPSA) is 213 Å². The standard InChI is InChI=1S/C58H53ClN12O4/c59-31-51(72)67-39-13-5-1-9-35(39)55-43-17-19-45(63-43)56-36-10-2-6-14-40(36)68-52(73)32-60-25-28-71-29-26-61-33-53(74)69-41-15-7-3-11-37(41)57(46-20-18-44(55)64-46)48-22-24-50(66-48)58(49-23-21-47(56)65-49)38-12-4-8-16-42(38)70-54(75)34-62-27-30-71/h1-24,60-63,66H,25-34H2,(H,67,72)(H,68,73)(H,69,74)(H,70,75). The molecule has 4 amide bonds. The van der Waals surface area contributed by atoms with Crippen molar-refractivity contribution in [2.75, 3.05) is 86.0 Å². The van der Waals surface area contributed by atoms with Crippen LogP contribution < -0.4 is 37.2 Å². The van der Waals surface area contributed by atoms with Crippen molar-refractivity contribution < 1.29 is 19.2 Å². The van der Waals surface area contributed by atoms with E-state index in [0.29, 0.717) is 146 Å². The van der Waals surface area contributed by atoms with Gasteiger partial charge in [-0.1, -0.05) is 72.8 Å². The molecule has 0 fully saturated rings. The Hall–Kier alpha value is -8.51. The van der Waals surface area contributed by atoms with Crippen LogP contribution in [0.4, 0.5) is 22.7 Å². The number of nitrogens with zero attached hydrogens (tertiary/aromatic N) is 3. The summed E-state index contributed by atoms with van der Waals surface area (Å²) in [6.07, 6.45) is 7.83. The van der Waals surface area contributed by atoms with Gasteiger partial charge < -0.3 is 47.2 Å². The van der Waals surface area contributed by atoms with Gasteiger partial charge >= 0.3 is 0 Å². The first-order valence-corrected chi connectivity index (χ1v) is 25.4. The third-order valence-corrected chi connectivity index (χ3v) is 13.7. The van der Waals surface area contributed by atoms with Crippen molar-refractivity contribution in [2.45, 2.75) is 0 Å². The Morgan fingerprint density at radius 2 is 0.800 bits per heavy atom. The van der Waals surface area contributed by atoms with E-state index in [1.165, 1.54) is 0 Å². The molecule has 4 aliphatic rings. The van der Waals surface area contributed by atoms with Crippen LogP contribution in [0, 0.1) is 0 Å². The van der Waals surface area contributed by atoms with E-state index >= 15 is 0 Å². The zero-order valence-corrected chi connectivity index (χ0v) is 41.5. The van der Waals surface area contributed by atoms with E-state index in [9.17, 15) is 19.2 Å². The molecule has 4 aromatic carbocycles. The van der Waals surface area contributed by atoms with Gasteiger partial charge in [0.2, 0.25) is 23.6 Å². The average molecular weight is 1020 g/mol. The zero-order valence-electron chi connectivity index (χ0n) is 40.8. The minimum absolute atomic E-state index is 0.0445. The summed E-state index contributed by atoms with van der Waals surface area (Å²) in [6, 6.07) is 38.5. The Labute approximate surface area is 437 Å².